The highest BCUT2D eigenvalue weighted by molar-refractivity contribution is 5.92. The number of ether oxygens (including phenoxy) is 1. The maximum absolute atomic E-state index is 12.5. The summed E-state index contributed by atoms with van der Waals surface area (Å²) in [7, 11) is 0. The number of amides is 1. The van der Waals surface area contributed by atoms with Gasteiger partial charge in [-0.25, -0.2) is 4.98 Å². The number of benzene rings is 1. The molecular formula is C20H25N3O2. The van der Waals surface area contributed by atoms with Crippen LogP contribution in [0.2, 0.25) is 0 Å². The highest BCUT2D eigenvalue weighted by Gasteiger charge is 2.19. The van der Waals surface area contributed by atoms with Gasteiger partial charge in [-0.15, -0.1) is 0 Å². The molecule has 132 valence electrons. The van der Waals surface area contributed by atoms with Gasteiger partial charge in [0.1, 0.15) is 5.69 Å². The smallest absolute Gasteiger partial charge is 0.272 e. The fourth-order valence-electron chi connectivity index (χ4n) is 3.01. The van der Waals surface area contributed by atoms with Gasteiger partial charge in [-0.3, -0.25) is 4.79 Å². The van der Waals surface area contributed by atoms with Crippen LogP contribution in [-0.4, -0.2) is 42.1 Å². The van der Waals surface area contributed by atoms with Crippen molar-refractivity contribution in [2.75, 3.05) is 31.6 Å². The van der Waals surface area contributed by atoms with E-state index in [0.717, 1.165) is 11.4 Å². The first-order chi connectivity index (χ1) is 12.1. The van der Waals surface area contributed by atoms with E-state index in [4.69, 9.17) is 4.74 Å². The molecule has 1 aromatic carbocycles. The highest BCUT2D eigenvalue weighted by atomic mass is 16.5. The zero-order chi connectivity index (χ0) is 17.8. The van der Waals surface area contributed by atoms with Crippen molar-refractivity contribution in [1.82, 2.24) is 9.88 Å². The first kappa shape index (κ1) is 17.4. The number of nitrogens with zero attached hydrogens (tertiary/aromatic N) is 2. The Balaban J connectivity index is 1.76. The Morgan fingerprint density at radius 1 is 1.20 bits per heavy atom. The third-order valence-electron chi connectivity index (χ3n) is 4.48. The molecule has 2 heterocycles. The Morgan fingerprint density at radius 3 is 2.60 bits per heavy atom. The first-order valence-corrected chi connectivity index (χ1v) is 8.76. The molecule has 1 fully saturated rings. The summed E-state index contributed by atoms with van der Waals surface area (Å²) in [6, 6.07) is 10.0. The molecule has 0 spiro atoms. The van der Waals surface area contributed by atoms with E-state index in [1.54, 1.807) is 17.2 Å². The van der Waals surface area contributed by atoms with E-state index in [0.29, 0.717) is 37.9 Å². The summed E-state index contributed by atoms with van der Waals surface area (Å²) in [4.78, 5) is 18.6. The van der Waals surface area contributed by atoms with E-state index in [-0.39, 0.29) is 5.91 Å². The van der Waals surface area contributed by atoms with Crippen molar-refractivity contribution in [3.63, 3.8) is 0 Å². The molecule has 1 aliphatic rings. The first-order valence-electron chi connectivity index (χ1n) is 8.76. The maximum atomic E-state index is 12.5. The van der Waals surface area contributed by atoms with Gasteiger partial charge in [0.2, 0.25) is 0 Å². The quantitative estimate of drug-likeness (QED) is 0.922. The van der Waals surface area contributed by atoms with Gasteiger partial charge in [0.25, 0.3) is 5.91 Å². The highest BCUT2D eigenvalue weighted by Crippen LogP contribution is 2.30. The summed E-state index contributed by atoms with van der Waals surface area (Å²) in [6.45, 7) is 8.90. The van der Waals surface area contributed by atoms with Crippen LogP contribution in [0.1, 0.15) is 41.4 Å². The molecule has 0 aliphatic carbocycles. The van der Waals surface area contributed by atoms with Gasteiger partial charge in [0.15, 0.2) is 0 Å². The van der Waals surface area contributed by atoms with Crippen LogP contribution in [-0.2, 0) is 4.74 Å². The van der Waals surface area contributed by atoms with Crippen LogP contribution in [0.3, 0.4) is 0 Å². The number of anilines is 2. The van der Waals surface area contributed by atoms with Crippen molar-refractivity contribution in [2.45, 2.75) is 26.7 Å². The Bertz CT molecular complexity index is 735. The Hall–Kier alpha value is -2.40. The molecule has 1 aromatic heterocycles. The molecule has 0 unspecified atom stereocenters. The molecule has 1 amide bonds. The number of rotatable bonds is 4. The summed E-state index contributed by atoms with van der Waals surface area (Å²) in [5.74, 6) is 0.395. The topological polar surface area (TPSA) is 54.5 Å². The summed E-state index contributed by atoms with van der Waals surface area (Å²) in [6.07, 6.45) is 1.73. The van der Waals surface area contributed by atoms with Gasteiger partial charge in [-0.2, -0.15) is 0 Å². The van der Waals surface area contributed by atoms with Gasteiger partial charge < -0.3 is 15.0 Å². The number of carbonyl (C=O) groups excluding carboxylic acids is 1. The predicted molar refractivity (Wildman–Crippen MR) is 99.5 cm³/mol. The molecule has 2 aromatic rings. The van der Waals surface area contributed by atoms with Gasteiger partial charge in [0.05, 0.1) is 25.1 Å². The van der Waals surface area contributed by atoms with Crippen LogP contribution >= 0.6 is 0 Å². The van der Waals surface area contributed by atoms with Crippen molar-refractivity contribution in [3.05, 3.63) is 53.3 Å². The van der Waals surface area contributed by atoms with E-state index in [2.05, 4.69) is 49.3 Å². The van der Waals surface area contributed by atoms with Gasteiger partial charge in [-0.1, -0.05) is 32.0 Å². The van der Waals surface area contributed by atoms with Crippen molar-refractivity contribution < 1.29 is 9.53 Å². The number of aromatic nitrogens is 1. The van der Waals surface area contributed by atoms with E-state index >= 15 is 0 Å². The molecule has 3 rings (SSSR count). The molecular weight excluding hydrogens is 314 g/mol. The number of pyridine rings is 1. The zero-order valence-corrected chi connectivity index (χ0v) is 15.1. The van der Waals surface area contributed by atoms with Crippen molar-refractivity contribution in [1.29, 1.82) is 0 Å². The molecule has 1 saturated heterocycles. The summed E-state index contributed by atoms with van der Waals surface area (Å²) < 4.78 is 5.29. The Morgan fingerprint density at radius 2 is 1.96 bits per heavy atom. The van der Waals surface area contributed by atoms with Crippen LogP contribution in [0.15, 0.2) is 36.5 Å². The molecule has 25 heavy (non-hydrogen) atoms. The average molecular weight is 339 g/mol. The summed E-state index contributed by atoms with van der Waals surface area (Å²) >= 11 is 0. The molecule has 5 heteroatoms. The minimum atomic E-state index is -0.0337. The average Bonchev–Trinajstić information content (AvgIpc) is 2.64. The fraction of sp³-hybridized carbons (Fsp3) is 0.400. The van der Waals surface area contributed by atoms with E-state index in [1.807, 2.05) is 6.07 Å². The van der Waals surface area contributed by atoms with Crippen molar-refractivity contribution >= 4 is 17.3 Å². The van der Waals surface area contributed by atoms with E-state index in [9.17, 15) is 4.79 Å². The minimum absolute atomic E-state index is 0.0337. The number of nitrogens with one attached hydrogen (secondary N) is 1. The second-order valence-electron chi connectivity index (χ2n) is 6.66. The lowest BCUT2D eigenvalue weighted by atomic mass is 9.98. The lowest BCUT2D eigenvalue weighted by molar-refractivity contribution is 0.0299. The van der Waals surface area contributed by atoms with Crippen molar-refractivity contribution in [3.8, 4) is 0 Å². The van der Waals surface area contributed by atoms with Crippen LogP contribution in [0.25, 0.3) is 0 Å². The lowest BCUT2D eigenvalue weighted by Crippen LogP contribution is -2.41. The molecule has 0 atom stereocenters. The molecule has 5 nitrogen and oxygen atoms in total. The maximum Gasteiger partial charge on any atom is 0.272 e. The fourth-order valence-corrected chi connectivity index (χ4v) is 3.01. The number of aryl methyl sites for hydroxylation is 1. The van der Waals surface area contributed by atoms with Gasteiger partial charge >= 0.3 is 0 Å². The number of carbonyl (C=O) groups is 1. The standard InChI is InChI=1S/C20H25N3O2/c1-14(2)17-6-4-5-15(3)19(17)22-16-7-8-18(21-13-16)20(24)23-9-11-25-12-10-23/h4-8,13-14,22H,9-12H2,1-3H3. The minimum Gasteiger partial charge on any atom is -0.378 e. The Labute approximate surface area is 149 Å². The van der Waals surface area contributed by atoms with E-state index in [1.165, 1.54) is 11.1 Å². The van der Waals surface area contributed by atoms with Gasteiger partial charge in [0, 0.05) is 18.8 Å². The normalized spacial score (nSPS) is 14.6. The Kier molecular flexibility index (Phi) is 5.34. The number of para-hydroxylation sites is 1. The van der Waals surface area contributed by atoms with Crippen LogP contribution in [0.5, 0.6) is 0 Å². The molecule has 1 N–H and O–H groups in total. The largest absolute Gasteiger partial charge is 0.378 e. The SMILES string of the molecule is Cc1cccc(C(C)C)c1Nc1ccc(C(=O)N2CCOCC2)nc1. The second-order valence-corrected chi connectivity index (χ2v) is 6.66. The van der Waals surface area contributed by atoms with Crippen LogP contribution in [0, 0.1) is 6.92 Å². The molecule has 0 bridgehead atoms. The monoisotopic (exact) mass is 339 g/mol. The summed E-state index contributed by atoms with van der Waals surface area (Å²) in [5, 5.41) is 3.46. The van der Waals surface area contributed by atoms with Crippen molar-refractivity contribution in [2.24, 2.45) is 0 Å². The third kappa shape index (κ3) is 3.99. The number of hydrogen-bond donors (Lipinski definition) is 1. The molecule has 0 radical (unpaired) electrons. The predicted octanol–water partition coefficient (Wildman–Crippen LogP) is 3.73. The zero-order valence-electron chi connectivity index (χ0n) is 15.1. The molecule has 0 saturated carbocycles. The third-order valence-corrected chi connectivity index (χ3v) is 4.48. The van der Waals surface area contributed by atoms with E-state index < -0.39 is 0 Å². The van der Waals surface area contributed by atoms with Gasteiger partial charge in [-0.05, 0) is 36.1 Å². The molecule has 1 aliphatic heterocycles. The number of morpholine rings is 1. The lowest BCUT2D eigenvalue weighted by Gasteiger charge is -2.26. The van der Waals surface area contributed by atoms with Crippen LogP contribution in [0.4, 0.5) is 11.4 Å². The summed E-state index contributed by atoms with van der Waals surface area (Å²) in [5.41, 5.74) is 4.94. The number of hydrogen-bond acceptors (Lipinski definition) is 4. The second kappa shape index (κ2) is 7.66. The van der Waals surface area contributed by atoms with Crippen LogP contribution < -0.4 is 5.32 Å².